The minimum Gasteiger partial charge on any atom is -0.337 e. The van der Waals surface area contributed by atoms with Crippen molar-refractivity contribution < 1.29 is 22.8 Å². The molecule has 2 N–H and O–H groups in total. The topological polar surface area (TPSA) is 74.3 Å². The summed E-state index contributed by atoms with van der Waals surface area (Å²) >= 11 is 0. The summed E-state index contributed by atoms with van der Waals surface area (Å²) < 4.78 is 40.3. The van der Waals surface area contributed by atoms with Crippen molar-refractivity contribution in [3.63, 3.8) is 0 Å². The second-order valence-electron chi connectivity index (χ2n) is 6.12. The highest BCUT2D eigenvalue weighted by atomic mass is 19.4. The smallest absolute Gasteiger partial charge is 0.337 e. The number of amides is 3. The molecular weight excluding hydrogens is 361 g/mol. The van der Waals surface area contributed by atoms with Crippen molar-refractivity contribution in [1.29, 1.82) is 0 Å². The summed E-state index contributed by atoms with van der Waals surface area (Å²) in [6.07, 6.45) is -2.26. The predicted molar refractivity (Wildman–Crippen MR) is 92.4 cm³/mol. The van der Waals surface area contributed by atoms with E-state index in [1.807, 2.05) is 5.32 Å². The van der Waals surface area contributed by atoms with E-state index in [4.69, 9.17) is 0 Å². The van der Waals surface area contributed by atoms with Crippen LogP contribution in [0.5, 0.6) is 0 Å². The van der Waals surface area contributed by atoms with Gasteiger partial charge in [-0.1, -0.05) is 12.1 Å². The number of aryl methyl sites for hydroxylation is 1. The molecule has 1 atom stereocenters. The molecule has 0 bridgehead atoms. The molecule has 0 radical (unpaired) electrons. The highest BCUT2D eigenvalue weighted by molar-refractivity contribution is 5.99. The minimum atomic E-state index is -4.68. The van der Waals surface area contributed by atoms with Crippen molar-refractivity contribution in [2.45, 2.75) is 19.1 Å². The van der Waals surface area contributed by atoms with Crippen LogP contribution in [0.1, 0.15) is 27.5 Å². The number of nitrogens with one attached hydrogen (secondary N) is 2. The Bertz CT molecular complexity index is 855. The fourth-order valence-corrected chi connectivity index (χ4v) is 2.86. The highest BCUT2D eigenvalue weighted by Crippen LogP contribution is 2.33. The molecule has 27 heavy (non-hydrogen) atoms. The molecule has 1 fully saturated rings. The number of hydrogen-bond donors (Lipinski definition) is 2. The molecule has 3 amide bonds. The quantitative estimate of drug-likeness (QED) is 0.859. The first-order valence-electron chi connectivity index (χ1n) is 8.21. The summed E-state index contributed by atoms with van der Waals surface area (Å²) in [4.78, 5) is 29.5. The zero-order valence-corrected chi connectivity index (χ0v) is 14.4. The van der Waals surface area contributed by atoms with E-state index < -0.39 is 18.1 Å². The number of carbonyl (C=O) groups is 2. The maximum atomic E-state index is 13.4. The van der Waals surface area contributed by atoms with Gasteiger partial charge in [-0.25, -0.2) is 4.79 Å². The lowest BCUT2D eigenvalue weighted by atomic mass is 10.1. The number of halogens is 3. The first kappa shape index (κ1) is 18.7. The number of aromatic nitrogens is 1. The van der Waals surface area contributed by atoms with E-state index in [9.17, 15) is 22.8 Å². The summed E-state index contributed by atoms with van der Waals surface area (Å²) in [6, 6.07) is 4.59. The molecule has 3 rings (SSSR count). The van der Waals surface area contributed by atoms with Gasteiger partial charge in [-0.15, -0.1) is 0 Å². The molecule has 1 aliphatic heterocycles. The SMILES string of the molecule is Cc1ccc(C(=O)N[C@@H](c2cccnc2)C(F)(F)F)cc1N1CCNC1=O. The van der Waals surface area contributed by atoms with E-state index >= 15 is 0 Å². The number of pyridine rings is 1. The van der Waals surface area contributed by atoms with Crippen LogP contribution in [0.25, 0.3) is 0 Å². The van der Waals surface area contributed by atoms with E-state index in [0.29, 0.717) is 18.8 Å². The molecule has 0 unspecified atom stereocenters. The molecule has 1 saturated heterocycles. The lowest BCUT2D eigenvalue weighted by Crippen LogP contribution is -2.38. The normalized spacial score (nSPS) is 15.4. The van der Waals surface area contributed by atoms with Crippen molar-refractivity contribution >= 4 is 17.6 Å². The first-order chi connectivity index (χ1) is 12.8. The maximum absolute atomic E-state index is 13.4. The van der Waals surface area contributed by atoms with Crippen LogP contribution < -0.4 is 15.5 Å². The fraction of sp³-hybridized carbons (Fsp3) is 0.278. The Balaban J connectivity index is 1.88. The van der Waals surface area contributed by atoms with Crippen LogP contribution in [0.2, 0.25) is 0 Å². The minimum absolute atomic E-state index is 0.0356. The molecule has 2 heterocycles. The Morgan fingerprint density at radius 2 is 2.11 bits per heavy atom. The van der Waals surface area contributed by atoms with E-state index in [-0.39, 0.29) is 17.2 Å². The number of rotatable bonds is 4. The number of carbonyl (C=O) groups excluding carboxylic acids is 2. The van der Waals surface area contributed by atoms with Crippen molar-refractivity contribution in [3.05, 3.63) is 59.4 Å². The molecule has 1 aliphatic rings. The van der Waals surface area contributed by atoms with Crippen LogP contribution in [0.4, 0.5) is 23.7 Å². The fourth-order valence-electron chi connectivity index (χ4n) is 2.86. The van der Waals surface area contributed by atoms with E-state index in [2.05, 4.69) is 10.3 Å². The Morgan fingerprint density at radius 3 is 2.70 bits per heavy atom. The number of alkyl halides is 3. The second kappa shape index (κ2) is 7.26. The third-order valence-electron chi connectivity index (χ3n) is 4.24. The van der Waals surface area contributed by atoms with Gasteiger partial charge in [0.05, 0.1) is 0 Å². The van der Waals surface area contributed by atoms with Crippen molar-refractivity contribution in [3.8, 4) is 0 Å². The number of hydrogen-bond acceptors (Lipinski definition) is 3. The average molecular weight is 378 g/mol. The number of benzene rings is 1. The highest BCUT2D eigenvalue weighted by Gasteiger charge is 2.42. The molecule has 0 spiro atoms. The Kier molecular flexibility index (Phi) is 5.02. The van der Waals surface area contributed by atoms with Crippen molar-refractivity contribution in [2.75, 3.05) is 18.0 Å². The maximum Gasteiger partial charge on any atom is 0.412 e. The molecule has 6 nitrogen and oxygen atoms in total. The summed E-state index contributed by atoms with van der Waals surface area (Å²) in [5, 5.41) is 4.66. The Hall–Kier alpha value is -3.10. The van der Waals surface area contributed by atoms with Crippen LogP contribution in [-0.4, -0.2) is 36.2 Å². The van der Waals surface area contributed by atoms with Gasteiger partial charge < -0.3 is 10.6 Å². The van der Waals surface area contributed by atoms with E-state index in [1.165, 1.54) is 35.4 Å². The third-order valence-corrected chi connectivity index (χ3v) is 4.24. The van der Waals surface area contributed by atoms with Crippen LogP contribution in [-0.2, 0) is 0 Å². The summed E-state index contributed by atoms with van der Waals surface area (Å²) in [5.41, 5.74) is 1.10. The predicted octanol–water partition coefficient (Wildman–Crippen LogP) is 2.95. The molecule has 1 aromatic carbocycles. The molecule has 0 aliphatic carbocycles. The molecule has 0 saturated carbocycles. The van der Waals surface area contributed by atoms with Gasteiger partial charge >= 0.3 is 12.2 Å². The van der Waals surface area contributed by atoms with E-state index in [0.717, 1.165) is 11.8 Å². The molecule has 2 aromatic rings. The third kappa shape index (κ3) is 4.02. The average Bonchev–Trinajstić information content (AvgIpc) is 3.05. The van der Waals surface area contributed by atoms with Gasteiger partial charge in [0.1, 0.15) is 0 Å². The zero-order valence-electron chi connectivity index (χ0n) is 14.4. The van der Waals surface area contributed by atoms with Crippen LogP contribution in [0.3, 0.4) is 0 Å². The lowest BCUT2D eigenvalue weighted by Gasteiger charge is -2.22. The van der Waals surface area contributed by atoms with Crippen molar-refractivity contribution in [1.82, 2.24) is 15.6 Å². The van der Waals surface area contributed by atoms with E-state index in [1.54, 1.807) is 13.0 Å². The largest absolute Gasteiger partial charge is 0.412 e. The van der Waals surface area contributed by atoms with Gasteiger partial charge in [0.15, 0.2) is 6.04 Å². The molecule has 142 valence electrons. The monoisotopic (exact) mass is 378 g/mol. The van der Waals surface area contributed by atoms with Gasteiger partial charge in [0, 0.05) is 42.3 Å². The molecular formula is C18H17F3N4O2. The summed E-state index contributed by atoms with van der Waals surface area (Å²) in [5.74, 6) is -0.887. The number of urea groups is 1. The molecule has 9 heteroatoms. The van der Waals surface area contributed by atoms with Gasteiger partial charge in [0.2, 0.25) is 0 Å². The summed E-state index contributed by atoms with van der Waals surface area (Å²) in [6.45, 7) is 2.65. The second-order valence-corrected chi connectivity index (χ2v) is 6.12. The summed E-state index contributed by atoms with van der Waals surface area (Å²) in [7, 11) is 0. The van der Waals surface area contributed by atoms with Gasteiger partial charge in [-0.05, 0) is 30.7 Å². The number of nitrogens with zero attached hydrogens (tertiary/aromatic N) is 2. The Labute approximate surface area is 153 Å². The zero-order chi connectivity index (χ0) is 19.6. The number of anilines is 1. The molecule has 1 aromatic heterocycles. The Morgan fingerprint density at radius 1 is 1.33 bits per heavy atom. The lowest BCUT2D eigenvalue weighted by molar-refractivity contribution is -0.155. The van der Waals surface area contributed by atoms with Crippen molar-refractivity contribution in [2.24, 2.45) is 0 Å². The van der Waals surface area contributed by atoms with Crippen LogP contribution in [0, 0.1) is 6.92 Å². The van der Waals surface area contributed by atoms with Gasteiger partial charge in [0.25, 0.3) is 5.91 Å². The standard InChI is InChI=1S/C18H17F3N4O2/c1-11-4-5-12(9-14(11)25-8-7-23-17(25)27)16(26)24-15(18(19,20)21)13-3-2-6-22-10-13/h2-6,9-10,15H,7-8H2,1H3,(H,23,27)(H,24,26)/t15-/m0/s1. The van der Waals surface area contributed by atoms with Crippen LogP contribution in [0.15, 0.2) is 42.7 Å². The van der Waals surface area contributed by atoms with Crippen LogP contribution >= 0.6 is 0 Å². The van der Waals surface area contributed by atoms with Gasteiger partial charge in [-0.2, -0.15) is 13.2 Å². The van der Waals surface area contributed by atoms with Gasteiger partial charge in [-0.3, -0.25) is 14.7 Å². The first-order valence-corrected chi connectivity index (χ1v) is 8.21.